The van der Waals surface area contributed by atoms with Crippen LogP contribution < -0.4 is 0 Å². The molecule has 7 heteroatoms. The molecule has 2 saturated heterocycles. The average Bonchev–Trinajstić information content (AvgIpc) is 3.12. The molecule has 0 bridgehead atoms. The van der Waals surface area contributed by atoms with Crippen LogP contribution in [0.15, 0.2) is 23.2 Å². The van der Waals surface area contributed by atoms with Crippen molar-refractivity contribution in [2.45, 2.75) is 30.9 Å². The number of aromatic nitrogens is 1. The van der Waals surface area contributed by atoms with Crippen LogP contribution in [0.3, 0.4) is 0 Å². The van der Waals surface area contributed by atoms with Gasteiger partial charge in [-0.25, -0.2) is 0 Å². The van der Waals surface area contributed by atoms with E-state index in [0.29, 0.717) is 31.2 Å². The number of nitrogens with zero attached hydrogens (tertiary/aromatic N) is 3. The van der Waals surface area contributed by atoms with Crippen LogP contribution in [0.2, 0.25) is 0 Å². The van der Waals surface area contributed by atoms with Crippen molar-refractivity contribution in [3.05, 3.63) is 30.2 Å². The molecule has 122 valence electrons. The van der Waals surface area contributed by atoms with Crippen molar-refractivity contribution in [2.75, 3.05) is 26.2 Å². The fraction of sp³-hybridized carbons (Fsp3) is 0.562. The van der Waals surface area contributed by atoms with E-state index >= 15 is 0 Å². The smallest absolute Gasteiger partial charge is 0.276 e. The van der Waals surface area contributed by atoms with Gasteiger partial charge in [0.05, 0.1) is 12.1 Å². The summed E-state index contributed by atoms with van der Waals surface area (Å²) in [5, 5.41) is 3.91. The third-order valence-corrected chi connectivity index (χ3v) is 4.72. The van der Waals surface area contributed by atoms with Gasteiger partial charge < -0.3 is 19.1 Å². The van der Waals surface area contributed by atoms with E-state index in [2.05, 4.69) is 11.7 Å². The summed E-state index contributed by atoms with van der Waals surface area (Å²) in [5.74, 6) is 1.00. The maximum atomic E-state index is 12.6. The molecule has 1 saturated carbocycles. The highest BCUT2D eigenvalue weighted by Crippen LogP contribution is 2.40. The number of amides is 2. The zero-order chi connectivity index (χ0) is 16.0. The van der Waals surface area contributed by atoms with E-state index in [1.807, 2.05) is 0 Å². The summed E-state index contributed by atoms with van der Waals surface area (Å²) < 4.78 is 10.9. The molecule has 2 atom stereocenters. The van der Waals surface area contributed by atoms with Crippen molar-refractivity contribution in [2.24, 2.45) is 0 Å². The maximum Gasteiger partial charge on any atom is 0.276 e. The lowest BCUT2D eigenvalue weighted by molar-refractivity contribution is -0.151. The topological polar surface area (TPSA) is 75.9 Å². The molecule has 0 spiro atoms. The molecule has 2 aliphatic heterocycles. The van der Waals surface area contributed by atoms with Crippen molar-refractivity contribution in [1.82, 2.24) is 15.0 Å². The lowest BCUT2D eigenvalue weighted by Crippen LogP contribution is -2.53. The minimum atomic E-state index is -0.162. The first-order valence-electron chi connectivity index (χ1n) is 7.95. The second-order valence-corrected chi connectivity index (χ2v) is 6.35. The van der Waals surface area contributed by atoms with Gasteiger partial charge in [-0.2, -0.15) is 0 Å². The lowest BCUT2D eigenvalue weighted by Gasteiger charge is -2.35. The Morgan fingerprint density at radius 3 is 3.00 bits per heavy atom. The Morgan fingerprint density at radius 1 is 1.43 bits per heavy atom. The van der Waals surface area contributed by atoms with Gasteiger partial charge in [0.1, 0.15) is 12.4 Å². The summed E-state index contributed by atoms with van der Waals surface area (Å²) in [6.45, 7) is 5.15. The molecule has 1 aliphatic carbocycles. The molecule has 0 aromatic carbocycles. The minimum absolute atomic E-state index is 0.0575. The molecule has 0 unspecified atom stereocenters. The minimum Gasteiger partial charge on any atom is -0.364 e. The molecule has 1 aromatic rings. The van der Waals surface area contributed by atoms with E-state index in [1.54, 1.807) is 21.9 Å². The Bertz CT molecular complexity index is 652. The van der Waals surface area contributed by atoms with Crippen LogP contribution in [0, 0.1) is 0 Å². The van der Waals surface area contributed by atoms with Gasteiger partial charge in [-0.1, -0.05) is 11.2 Å². The van der Waals surface area contributed by atoms with Crippen LogP contribution in [0.1, 0.15) is 35.0 Å². The summed E-state index contributed by atoms with van der Waals surface area (Å²) in [6, 6.07) is 1.63. The van der Waals surface area contributed by atoms with E-state index in [9.17, 15) is 9.59 Å². The second-order valence-electron chi connectivity index (χ2n) is 6.35. The highest BCUT2D eigenvalue weighted by Gasteiger charge is 2.44. The van der Waals surface area contributed by atoms with Gasteiger partial charge in [-0.15, -0.1) is 6.58 Å². The zero-order valence-electron chi connectivity index (χ0n) is 12.8. The van der Waals surface area contributed by atoms with Gasteiger partial charge in [-0.3, -0.25) is 9.59 Å². The molecule has 1 aromatic heterocycles. The average molecular weight is 317 g/mol. The molecule has 3 heterocycles. The first-order chi connectivity index (χ1) is 11.2. The van der Waals surface area contributed by atoms with Gasteiger partial charge in [-0.05, 0) is 12.8 Å². The molecule has 0 N–H and O–H groups in total. The van der Waals surface area contributed by atoms with E-state index in [-0.39, 0.29) is 30.6 Å². The number of hydrogen-bond acceptors (Lipinski definition) is 5. The predicted molar refractivity (Wildman–Crippen MR) is 79.8 cm³/mol. The molecule has 23 heavy (non-hydrogen) atoms. The standard InChI is InChI=1S/C16H19N3O4/c1-2-5-19-12-7-18(8-14(12)22-9-15(19)20)16(21)11-6-13(23-17-11)10-3-4-10/h2,6,10,12,14H,1,3-5,7-9H2/t12-,14-/m1/s1. The predicted octanol–water partition coefficient (Wildman–Crippen LogP) is 0.790. The Morgan fingerprint density at radius 2 is 2.26 bits per heavy atom. The number of likely N-dealkylation sites (tertiary alicyclic amines) is 1. The number of morpholine rings is 1. The molecule has 4 rings (SSSR count). The van der Waals surface area contributed by atoms with Gasteiger partial charge in [0, 0.05) is 31.6 Å². The number of fused-ring (bicyclic) bond motifs is 1. The monoisotopic (exact) mass is 317 g/mol. The SMILES string of the molecule is C=CCN1C(=O)CO[C@@H]2CN(C(=O)c3cc(C4CC4)on3)C[C@H]21. The number of carbonyl (C=O) groups excluding carboxylic acids is 2. The van der Waals surface area contributed by atoms with Gasteiger partial charge in [0.15, 0.2) is 5.69 Å². The number of hydrogen-bond donors (Lipinski definition) is 0. The van der Waals surface area contributed by atoms with E-state index in [1.165, 1.54) is 0 Å². The second kappa shape index (κ2) is 5.49. The highest BCUT2D eigenvalue weighted by atomic mass is 16.5. The van der Waals surface area contributed by atoms with Crippen LogP contribution in [0.5, 0.6) is 0 Å². The summed E-state index contributed by atoms with van der Waals surface area (Å²) >= 11 is 0. The van der Waals surface area contributed by atoms with Crippen LogP contribution >= 0.6 is 0 Å². The Kier molecular flexibility index (Phi) is 3.45. The molecular formula is C16H19N3O4. The molecule has 2 amide bonds. The van der Waals surface area contributed by atoms with Crippen molar-refractivity contribution >= 4 is 11.8 Å². The van der Waals surface area contributed by atoms with E-state index < -0.39 is 0 Å². The van der Waals surface area contributed by atoms with Gasteiger partial charge in [0.25, 0.3) is 5.91 Å². The van der Waals surface area contributed by atoms with Gasteiger partial charge >= 0.3 is 0 Å². The third-order valence-electron chi connectivity index (χ3n) is 4.72. The Labute approximate surface area is 133 Å². The van der Waals surface area contributed by atoms with E-state index in [4.69, 9.17) is 9.26 Å². The van der Waals surface area contributed by atoms with Crippen molar-refractivity contribution in [1.29, 1.82) is 0 Å². The van der Waals surface area contributed by atoms with Crippen LogP contribution in [-0.4, -0.2) is 65.2 Å². The Balaban J connectivity index is 1.48. The normalized spacial score (nSPS) is 27.2. The maximum absolute atomic E-state index is 12.6. The first kappa shape index (κ1) is 14.4. The highest BCUT2D eigenvalue weighted by molar-refractivity contribution is 5.92. The largest absolute Gasteiger partial charge is 0.364 e. The van der Waals surface area contributed by atoms with E-state index in [0.717, 1.165) is 18.6 Å². The van der Waals surface area contributed by atoms with Gasteiger partial charge in [0.2, 0.25) is 5.91 Å². The summed E-state index contributed by atoms with van der Waals surface area (Å²) in [4.78, 5) is 28.0. The fourth-order valence-corrected chi connectivity index (χ4v) is 3.32. The summed E-state index contributed by atoms with van der Waals surface area (Å²) in [7, 11) is 0. The quantitative estimate of drug-likeness (QED) is 0.768. The Hall–Kier alpha value is -2.15. The molecule has 3 fully saturated rings. The number of carbonyl (C=O) groups is 2. The van der Waals surface area contributed by atoms with Crippen LogP contribution in [-0.2, 0) is 9.53 Å². The van der Waals surface area contributed by atoms with Crippen LogP contribution in [0.4, 0.5) is 0 Å². The fourth-order valence-electron chi connectivity index (χ4n) is 3.32. The zero-order valence-corrected chi connectivity index (χ0v) is 12.8. The molecule has 0 radical (unpaired) electrons. The van der Waals surface area contributed by atoms with Crippen molar-refractivity contribution in [3.63, 3.8) is 0 Å². The third kappa shape index (κ3) is 2.55. The summed E-state index contributed by atoms with van der Waals surface area (Å²) in [6.07, 6.45) is 3.75. The molecule has 3 aliphatic rings. The van der Waals surface area contributed by atoms with Crippen LogP contribution in [0.25, 0.3) is 0 Å². The molecule has 7 nitrogen and oxygen atoms in total. The summed E-state index contributed by atoms with van der Waals surface area (Å²) in [5.41, 5.74) is 0.340. The van der Waals surface area contributed by atoms with Crippen molar-refractivity contribution in [3.8, 4) is 0 Å². The molecular weight excluding hydrogens is 298 g/mol. The lowest BCUT2D eigenvalue weighted by atomic mass is 10.1. The number of ether oxygens (including phenoxy) is 1. The van der Waals surface area contributed by atoms with Crippen molar-refractivity contribution < 1.29 is 18.8 Å². The first-order valence-corrected chi connectivity index (χ1v) is 7.95. The number of rotatable bonds is 4.